The molecule has 0 radical (unpaired) electrons. The number of phenols is 1. The first kappa shape index (κ1) is 16.3. The number of hydrogen-bond acceptors (Lipinski definition) is 4. The lowest BCUT2D eigenvalue weighted by Crippen LogP contribution is -1.99. The molecule has 26 heavy (non-hydrogen) atoms. The molecular weight excluding hydrogens is 350 g/mol. The summed E-state index contributed by atoms with van der Waals surface area (Å²) < 4.78 is 7.29. The van der Waals surface area contributed by atoms with Gasteiger partial charge in [0.05, 0.1) is 17.8 Å². The number of phenolic OH excluding ortho intramolecular Hbond substituents is 1. The van der Waals surface area contributed by atoms with Crippen molar-refractivity contribution in [2.45, 2.75) is 0 Å². The van der Waals surface area contributed by atoms with Crippen LogP contribution in [0.5, 0.6) is 11.5 Å². The fraction of sp³-hybridized carbons (Fsp3) is 0.0500. The maximum absolute atomic E-state index is 10.3. The summed E-state index contributed by atoms with van der Waals surface area (Å²) in [5.41, 5.74) is 2.75. The van der Waals surface area contributed by atoms with E-state index in [1.807, 2.05) is 46.9 Å². The second-order valence-corrected chi connectivity index (χ2v) is 6.16. The Hall–Kier alpha value is -3.18. The summed E-state index contributed by atoms with van der Waals surface area (Å²) in [6, 6.07) is 18.3. The predicted octanol–water partition coefficient (Wildman–Crippen LogP) is 5.11. The third-order valence-corrected chi connectivity index (χ3v) is 4.33. The van der Waals surface area contributed by atoms with Crippen molar-refractivity contribution >= 4 is 28.8 Å². The van der Waals surface area contributed by atoms with Gasteiger partial charge in [0.1, 0.15) is 28.7 Å². The van der Waals surface area contributed by atoms with E-state index in [1.54, 1.807) is 31.5 Å². The van der Waals surface area contributed by atoms with Crippen LogP contribution in [-0.2, 0) is 0 Å². The van der Waals surface area contributed by atoms with Crippen LogP contribution in [0.2, 0.25) is 5.02 Å². The fourth-order valence-electron chi connectivity index (χ4n) is 2.88. The molecule has 2 aromatic carbocycles. The molecule has 0 aliphatic heterocycles. The normalized spacial score (nSPS) is 10.8. The van der Waals surface area contributed by atoms with Crippen molar-refractivity contribution in [3.8, 4) is 22.8 Å². The Morgan fingerprint density at radius 3 is 2.62 bits per heavy atom. The van der Waals surface area contributed by atoms with Crippen LogP contribution >= 0.6 is 11.6 Å². The molecule has 6 heteroatoms. The lowest BCUT2D eigenvalue weighted by molar-refractivity contribution is 0.417. The molecule has 0 unspecified atom stereocenters. The first-order valence-corrected chi connectivity index (χ1v) is 8.41. The van der Waals surface area contributed by atoms with Crippen LogP contribution in [0.4, 0.5) is 11.5 Å². The van der Waals surface area contributed by atoms with Gasteiger partial charge in [-0.2, -0.15) is 0 Å². The van der Waals surface area contributed by atoms with E-state index in [2.05, 4.69) is 10.3 Å². The Labute approximate surface area is 155 Å². The molecule has 0 aliphatic carbocycles. The zero-order valence-electron chi connectivity index (χ0n) is 14.0. The molecule has 130 valence electrons. The molecule has 4 rings (SSSR count). The first-order chi connectivity index (χ1) is 12.7. The van der Waals surface area contributed by atoms with Gasteiger partial charge in [-0.05, 0) is 36.4 Å². The Balaban J connectivity index is 1.95. The number of methoxy groups -OCH3 is 1. The summed E-state index contributed by atoms with van der Waals surface area (Å²) in [7, 11) is 1.62. The van der Waals surface area contributed by atoms with Crippen LogP contribution in [0.3, 0.4) is 0 Å². The number of anilines is 2. The fourth-order valence-corrected chi connectivity index (χ4v) is 3.04. The van der Waals surface area contributed by atoms with Gasteiger partial charge in [0, 0.05) is 11.8 Å². The van der Waals surface area contributed by atoms with Crippen LogP contribution < -0.4 is 10.1 Å². The number of nitrogens with zero attached hydrogens (tertiary/aromatic N) is 2. The van der Waals surface area contributed by atoms with Crippen LogP contribution in [0, 0.1) is 0 Å². The van der Waals surface area contributed by atoms with E-state index in [9.17, 15) is 5.11 Å². The number of halogens is 1. The minimum Gasteiger partial charge on any atom is -0.507 e. The molecule has 0 atom stereocenters. The summed E-state index contributed by atoms with van der Waals surface area (Å²) in [6.07, 6.45) is 1.78. The minimum atomic E-state index is 0.157. The van der Waals surface area contributed by atoms with Crippen LogP contribution in [0.15, 0.2) is 66.9 Å². The molecular formula is C20H16ClN3O2. The average molecular weight is 366 g/mol. The van der Waals surface area contributed by atoms with E-state index < -0.39 is 0 Å². The van der Waals surface area contributed by atoms with E-state index in [4.69, 9.17) is 16.3 Å². The monoisotopic (exact) mass is 365 g/mol. The van der Waals surface area contributed by atoms with Crippen molar-refractivity contribution in [1.82, 2.24) is 9.38 Å². The molecule has 0 fully saturated rings. The lowest BCUT2D eigenvalue weighted by atomic mass is 10.1. The van der Waals surface area contributed by atoms with Crippen molar-refractivity contribution < 1.29 is 9.84 Å². The second-order valence-electron chi connectivity index (χ2n) is 5.73. The SMILES string of the molecule is COc1ccccc1Nc1c(-c2ccccc2O)nc2ccc(Cl)cn12. The number of aromatic hydroxyl groups is 1. The molecule has 2 N–H and O–H groups in total. The second kappa shape index (κ2) is 6.61. The van der Waals surface area contributed by atoms with Crippen molar-refractivity contribution in [3.63, 3.8) is 0 Å². The maximum atomic E-state index is 10.3. The summed E-state index contributed by atoms with van der Waals surface area (Å²) in [4.78, 5) is 4.68. The Morgan fingerprint density at radius 1 is 1.04 bits per heavy atom. The maximum Gasteiger partial charge on any atom is 0.143 e. The number of aromatic nitrogens is 2. The number of imidazole rings is 1. The van der Waals surface area contributed by atoms with Crippen molar-refractivity contribution in [2.24, 2.45) is 0 Å². The van der Waals surface area contributed by atoms with Gasteiger partial charge >= 0.3 is 0 Å². The van der Waals surface area contributed by atoms with Crippen molar-refractivity contribution in [2.75, 3.05) is 12.4 Å². The number of para-hydroxylation sites is 3. The first-order valence-electron chi connectivity index (χ1n) is 8.03. The van der Waals surface area contributed by atoms with Gasteiger partial charge in [0.25, 0.3) is 0 Å². The van der Waals surface area contributed by atoms with Crippen LogP contribution in [0.1, 0.15) is 0 Å². The molecule has 0 spiro atoms. The van der Waals surface area contributed by atoms with E-state index in [1.165, 1.54) is 0 Å². The minimum absolute atomic E-state index is 0.157. The molecule has 0 aliphatic rings. The highest BCUT2D eigenvalue weighted by Crippen LogP contribution is 2.37. The molecule has 0 amide bonds. The van der Waals surface area contributed by atoms with Crippen LogP contribution in [0.25, 0.3) is 16.9 Å². The highest BCUT2D eigenvalue weighted by atomic mass is 35.5. The average Bonchev–Trinajstić information content (AvgIpc) is 3.00. The van der Waals surface area contributed by atoms with Gasteiger partial charge in [-0.25, -0.2) is 4.98 Å². The zero-order chi connectivity index (χ0) is 18.1. The summed E-state index contributed by atoms with van der Waals surface area (Å²) >= 11 is 6.19. The molecule has 5 nitrogen and oxygen atoms in total. The van der Waals surface area contributed by atoms with Crippen LogP contribution in [-0.4, -0.2) is 21.6 Å². The van der Waals surface area contributed by atoms with E-state index in [0.717, 1.165) is 5.69 Å². The third-order valence-electron chi connectivity index (χ3n) is 4.10. The Bertz CT molecular complexity index is 1090. The Morgan fingerprint density at radius 2 is 1.81 bits per heavy atom. The lowest BCUT2D eigenvalue weighted by Gasteiger charge is -2.13. The molecule has 2 aromatic heterocycles. The van der Waals surface area contributed by atoms with Crippen molar-refractivity contribution in [3.05, 3.63) is 71.9 Å². The summed E-state index contributed by atoms with van der Waals surface area (Å²) in [5.74, 6) is 1.55. The van der Waals surface area contributed by atoms with Crippen molar-refractivity contribution in [1.29, 1.82) is 0 Å². The van der Waals surface area contributed by atoms with E-state index in [0.29, 0.717) is 33.5 Å². The van der Waals surface area contributed by atoms with Gasteiger partial charge in [0.15, 0.2) is 0 Å². The molecule has 0 bridgehead atoms. The topological polar surface area (TPSA) is 58.8 Å². The standard InChI is InChI=1S/C20H16ClN3O2/c1-26-17-9-5-3-7-15(17)22-20-19(14-6-2-4-8-16(14)25)23-18-11-10-13(21)12-24(18)20/h2-12,22,25H,1H3. The number of ether oxygens (including phenoxy) is 1. The van der Waals surface area contributed by atoms with E-state index in [-0.39, 0.29) is 5.75 Å². The smallest absolute Gasteiger partial charge is 0.143 e. The molecule has 0 saturated heterocycles. The highest BCUT2D eigenvalue weighted by Gasteiger charge is 2.18. The van der Waals surface area contributed by atoms with Gasteiger partial charge in [0.2, 0.25) is 0 Å². The quantitative estimate of drug-likeness (QED) is 0.527. The Kier molecular flexibility index (Phi) is 4.14. The van der Waals surface area contributed by atoms with Gasteiger partial charge < -0.3 is 15.2 Å². The van der Waals surface area contributed by atoms with Gasteiger partial charge in [-0.3, -0.25) is 4.40 Å². The van der Waals surface area contributed by atoms with Gasteiger partial charge in [-0.1, -0.05) is 35.9 Å². The number of hydrogen-bond donors (Lipinski definition) is 2. The molecule has 0 saturated carbocycles. The number of nitrogens with one attached hydrogen (secondary N) is 1. The highest BCUT2D eigenvalue weighted by molar-refractivity contribution is 6.30. The molecule has 4 aromatic rings. The largest absolute Gasteiger partial charge is 0.507 e. The molecule has 2 heterocycles. The number of rotatable bonds is 4. The number of fused-ring (bicyclic) bond motifs is 1. The number of benzene rings is 2. The van der Waals surface area contributed by atoms with Gasteiger partial charge in [-0.15, -0.1) is 0 Å². The zero-order valence-corrected chi connectivity index (χ0v) is 14.7. The van der Waals surface area contributed by atoms with E-state index >= 15 is 0 Å². The predicted molar refractivity (Wildman–Crippen MR) is 104 cm³/mol. The summed E-state index contributed by atoms with van der Waals surface area (Å²) in [5, 5.41) is 14.3. The summed E-state index contributed by atoms with van der Waals surface area (Å²) in [6.45, 7) is 0. The third kappa shape index (κ3) is 2.82. The number of pyridine rings is 1.